The summed E-state index contributed by atoms with van der Waals surface area (Å²) in [5.41, 5.74) is 2.60. The minimum Gasteiger partial charge on any atom is -0.306 e. The van der Waals surface area contributed by atoms with E-state index in [1.165, 1.54) is 21.9 Å². The lowest BCUT2D eigenvalue weighted by Crippen LogP contribution is -2.18. The monoisotopic (exact) mass is 339 g/mol. The average Bonchev–Trinajstić information content (AvgIpc) is 2.53. The van der Waals surface area contributed by atoms with Gasteiger partial charge in [0.25, 0.3) is 0 Å². The molecule has 0 fully saturated rings. The Bertz CT molecular complexity index is 751. The zero-order valence-electron chi connectivity index (χ0n) is 12.0. The fourth-order valence-corrected chi connectivity index (χ4v) is 3.18. The molecule has 0 spiro atoms. The lowest BCUT2D eigenvalue weighted by molar-refractivity contribution is 0.573. The maximum atomic E-state index is 3.62. The molecule has 21 heavy (non-hydrogen) atoms. The van der Waals surface area contributed by atoms with Crippen molar-refractivity contribution < 1.29 is 0 Å². The molecule has 0 radical (unpaired) electrons. The Hall–Kier alpha value is -1.64. The van der Waals surface area contributed by atoms with Crippen LogP contribution in [0, 0.1) is 0 Å². The lowest BCUT2D eigenvalue weighted by Gasteiger charge is -2.16. The van der Waals surface area contributed by atoms with Gasteiger partial charge in [-0.1, -0.05) is 70.5 Å². The number of benzene rings is 3. The van der Waals surface area contributed by atoms with Crippen molar-refractivity contribution in [2.24, 2.45) is 0 Å². The Labute approximate surface area is 134 Å². The summed E-state index contributed by atoms with van der Waals surface area (Å²) in [6, 6.07) is 23.8. The summed E-state index contributed by atoms with van der Waals surface area (Å²) in [6.45, 7) is 3.06. The molecular formula is C19H18BrN. The smallest absolute Gasteiger partial charge is 0.0306 e. The van der Waals surface area contributed by atoms with Gasteiger partial charge in [-0.25, -0.2) is 0 Å². The Morgan fingerprint density at radius 3 is 2.43 bits per heavy atom. The number of rotatable bonds is 4. The lowest BCUT2D eigenvalue weighted by atomic mass is 10.1. The summed E-state index contributed by atoms with van der Waals surface area (Å²) < 4.78 is 1.16. The number of halogens is 1. The molecule has 0 aliphatic heterocycles. The predicted molar refractivity (Wildman–Crippen MR) is 93.3 cm³/mol. The summed E-state index contributed by atoms with van der Waals surface area (Å²) in [7, 11) is 0. The molecule has 0 saturated carbocycles. The molecule has 3 rings (SSSR count). The highest BCUT2D eigenvalue weighted by Gasteiger charge is 2.08. The number of hydrogen-bond acceptors (Lipinski definition) is 1. The molecule has 2 heteroatoms. The highest BCUT2D eigenvalue weighted by molar-refractivity contribution is 9.10. The predicted octanol–water partition coefficient (Wildman–Crippen LogP) is 5.45. The third kappa shape index (κ3) is 3.34. The molecule has 0 aliphatic rings. The normalized spacial score (nSPS) is 12.5. The Morgan fingerprint density at radius 1 is 0.905 bits per heavy atom. The third-order valence-electron chi connectivity index (χ3n) is 3.80. The Balaban J connectivity index is 1.73. The van der Waals surface area contributed by atoms with Crippen molar-refractivity contribution in [1.29, 1.82) is 0 Å². The molecule has 0 bridgehead atoms. The van der Waals surface area contributed by atoms with Gasteiger partial charge >= 0.3 is 0 Å². The van der Waals surface area contributed by atoms with E-state index < -0.39 is 0 Å². The van der Waals surface area contributed by atoms with Gasteiger partial charge in [-0.3, -0.25) is 0 Å². The van der Waals surface area contributed by atoms with Crippen LogP contribution in [0.5, 0.6) is 0 Å². The van der Waals surface area contributed by atoms with Gasteiger partial charge in [0.2, 0.25) is 0 Å². The maximum absolute atomic E-state index is 3.62. The second-order valence-electron chi connectivity index (χ2n) is 5.31. The van der Waals surface area contributed by atoms with Gasteiger partial charge < -0.3 is 5.32 Å². The molecule has 106 valence electrons. The highest BCUT2D eigenvalue weighted by atomic mass is 79.9. The van der Waals surface area contributed by atoms with E-state index >= 15 is 0 Å². The van der Waals surface area contributed by atoms with Gasteiger partial charge in [0.1, 0.15) is 0 Å². The zero-order chi connectivity index (χ0) is 14.7. The van der Waals surface area contributed by atoms with Crippen molar-refractivity contribution in [3.8, 4) is 0 Å². The van der Waals surface area contributed by atoms with Crippen molar-refractivity contribution >= 4 is 26.7 Å². The van der Waals surface area contributed by atoms with Crippen molar-refractivity contribution in [1.82, 2.24) is 5.32 Å². The minimum atomic E-state index is 0.312. The molecule has 0 aromatic heterocycles. The highest BCUT2D eigenvalue weighted by Crippen LogP contribution is 2.23. The topological polar surface area (TPSA) is 12.0 Å². The molecule has 1 atom stereocenters. The van der Waals surface area contributed by atoms with Gasteiger partial charge in [-0.15, -0.1) is 0 Å². The van der Waals surface area contributed by atoms with E-state index in [4.69, 9.17) is 0 Å². The van der Waals surface area contributed by atoms with E-state index in [9.17, 15) is 0 Å². The van der Waals surface area contributed by atoms with Crippen LogP contribution in [0.4, 0.5) is 0 Å². The van der Waals surface area contributed by atoms with E-state index in [0.29, 0.717) is 6.04 Å². The first-order valence-corrected chi connectivity index (χ1v) is 7.99. The van der Waals surface area contributed by atoms with Gasteiger partial charge in [0.05, 0.1) is 0 Å². The minimum absolute atomic E-state index is 0.312. The second kappa shape index (κ2) is 6.42. The largest absolute Gasteiger partial charge is 0.306 e. The number of fused-ring (bicyclic) bond motifs is 1. The maximum Gasteiger partial charge on any atom is 0.0306 e. The van der Waals surface area contributed by atoms with Crippen LogP contribution < -0.4 is 5.32 Å². The average molecular weight is 340 g/mol. The second-order valence-corrected chi connectivity index (χ2v) is 6.16. The summed E-state index contributed by atoms with van der Waals surface area (Å²) >= 11 is 3.62. The van der Waals surface area contributed by atoms with Crippen LogP contribution in [-0.2, 0) is 6.54 Å². The molecule has 0 saturated heterocycles. The van der Waals surface area contributed by atoms with Crippen molar-refractivity contribution in [3.63, 3.8) is 0 Å². The van der Waals surface area contributed by atoms with Crippen LogP contribution in [0.15, 0.2) is 71.2 Å². The first-order chi connectivity index (χ1) is 10.2. The van der Waals surface area contributed by atoms with Crippen molar-refractivity contribution in [2.75, 3.05) is 0 Å². The van der Waals surface area contributed by atoms with Gasteiger partial charge in [0, 0.05) is 17.1 Å². The van der Waals surface area contributed by atoms with Crippen LogP contribution in [-0.4, -0.2) is 0 Å². The van der Waals surface area contributed by atoms with E-state index in [1.54, 1.807) is 0 Å². The summed E-state index contributed by atoms with van der Waals surface area (Å²) in [6.07, 6.45) is 0. The van der Waals surface area contributed by atoms with E-state index in [0.717, 1.165) is 11.0 Å². The third-order valence-corrected chi connectivity index (χ3v) is 4.52. The first-order valence-electron chi connectivity index (χ1n) is 7.19. The van der Waals surface area contributed by atoms with E-state index in [-0.39, 0.29) is 0 Å². The molecule has 0 aliphatic carbocycles. The molecular weight excluding hydrogens is 322 g/mol. The SMILES string of the molecule is C[C@H](NCc1ccc2ccccc2c1)c1ccccc1Br. The van der Waals surface area contributed by atoms with Crippen LogP contribution >= 0.6 is 15.9 Å². The molecule has 0 heterocycles. The van der Waals surface area contributed by atoms with E-state index in [1.807, 2.05) is 6.07 Å². The van der Waals surface area contributed by atoms with Crippen LogP contribution in [0.2, 0.25) is 0 Å². The number of hydrogen-bond donors (Lipinski definition) is 1. The fraction of sp³-hybridized carbons (Fsp3) is 0.158. The molecule has 3 aromatic rings. The van der Waals surface area contributed by atoms with Gasteiger partial charge in [0.15, 0.2) is 0 Å². The zero-order valence-corrected chi connectivity index (χ0v) is 13.6. The Morgan fingerprint density at radius 2 is 1.62 bits per heavy atom. The van der Waals surface area contributed by atoms with Crippen molar-refractivity contribution in [3.05, 3.63) is 82.3 Å². The first kappa shape index (κ1) is 14.3. The van der Waals surface area contributed by atoms with E-state index in [2.05, 4.69) is 88.8 Å². The quantitative estimate of drug-likeness (QED) is 0.666. The fourth-order valence-electron chi connectivity index (χ4n) is 2.56. The molecule has 3 aromatic carbocycles. The standard InChI is InChI=1S/C19H18BrN/c1-14(18-8-4-5-9-19(18)20)21-13-15-10-11-16-6-2-3-7-17(16)12-15/h2-12,14,21H,13H2,1H3/t14-/m0/s1. The van der Waals surface area contributed by atoms with Crippen LogP contribution in [0.1, 0.15) is 24.1 Å². The summed E-state index contributed by atoms with van der Waals surface area (Å²) in [5, 5.41) is 6.18. The van der Waals surface area contributed by atoms with Crippen LogP contribution in [0.3, 0.4) is 0 Å². The molecule has 1 nitrogen and oxygen atoms in total. The number of nitrogens with one attached hydrogen (secondary N) is 1. The molecule has 0 unspecified atom stereocenters. The van der Waals surface area contributed by atoms with Gasteiger partial charge in [-0.05, 0) is 41.0 Å². The van der Waals surface area contributed by atoms with Gasteiger partial charge in [-0.2, -0.15) is 0 Å². The summed E-state index contributed by atoms with van der Waals surface area (Å²) in [4.78, 5) is 0. The van der Waals surface area contributed by atoms with Crippen molar-refractivity contribution in [2.45, 2.75) is 19.5 Å². The molecule has 0 amide bonds. The van der Waals surface area contributed by atoms with Crippen LogP contribution in [0.25, 0.3) is 10.8 Å². The Kier molecular flexibility index (Phi) is 4.37. The molecule has 1 N–H and O–H groups in total. The summed E-state index contributed by atoms with van der Waals surface area (Å²) in [5.74, 6) is 0.